The average molecular weight is 365 g/mol. The normalized spacial score (nSPS) is 12.0. The van der Waals surface area contributed by atoms with Crippen molar-refractivity contribution in [3.05, 3.63) is 41.7 Å². The van der Waals surface area contributed by atoms with E-state index in [1.165, 1.54) is 6.07 Å². The fraction of sp³-hybridized carbons (Fsp3) is 0.412. The Bertz CT molecular complexity index is 849. The van der Waals surface area contributed by atoms with Gasteiger partial charge < -0.3 is 9.84 Å². The molecule has 0 saturated heterocycles. The molecule has 0 unspecified atom stereocenters. The second-order valence-electron chi connectivity index (χ2n) is 6.94. The Balaban J connectivity index is 2.12. The summed E-state index contributed by atoms with van der Waals surface area (Å²) >= 11 is 0. The van der Waals surface area contributed by atoms with Crippen LogP contribution >= 0.6 is 0 Å². The van der Waals surface area contributed by atoms with Crippen molar-refractivity contribution in [2.24, 2.45) is 0 Å². The molecule has 0 atom stereocenters. The van der Waals surface area contributed by atoms with E-state index in [0.29, 0.717) is 11.4 Å². The number of hydrogen-bond acceptors (Lipinski definition) is 5. The summed E-state index contributed by atoms with van der Waals surface area (Å²) in [5.74, 6) is 0.0784. The quantitative estimate of drug-likeness (QED) is 0.879. The number of carbonyl (C=O) groups is 1. The summed E-state index contributed by atoms with van der Waals surface area (Å²) in [5.41, 5.74) is 1.75. The lowest BCUT2D eigenvalue weighted by Crippen LogP contribution is -2.37. The van der Waals surface area contributed by atoms with Crippen LogP contribution in [0.5, 0.6) is 0 Å². The Morgan fingerprint density at radius 3 is 2.28 bits per heavy atom. The highest BCUT2D eigenvalue weighted by molar-refractivity contribution is 7.92. The first kappa shape index (κ1) is 19.0. The summed E-state index contributed by atoms with van der Waals surface area (Å²) in [5, 5.41) is 6.37. The molecule has 0 spiro atoms. The van der Waals surface area contributed by atoms with E-state index in [1.54, 1.807) is 19.1 Å². The third kappa shape index (κ3) is 5.06. The van der Waals surface area contributed by atoms with Crippen molar-refractivity contribution >= 4 is 27.4 Å². The van der Waals surface area contributed by atoms with Crippen LogP contribution in [-0.2, 0) is 20.2 Å². The summed E-state index contributed by atoms with van der Waals surface area (Å²) in [6.07, 6.45) is 1.02. The molecule has 8 heteroatoms. The summed E-state index contributed by atoms with van der Waals surface area (Å²) in [6, 6.07) is 8.93. The number of aromatic nitrogens is 1. The van der Waals surface area contributed by atoms with Gasteiger partial charge in [0.05, 0.1) is 6.26 Å². The molecule has 1 N–H and O–H groups in total. The van der Waals surface area contributed by atoms with Gasteiger partial charge in [-0.05, 0) is 30.0 Å². The number of rotatable bonds is 5. The van der Waals surface area contributed by atoms with Gasteiger partial charge in [0.2, 0.25) is 15.9 Å². The molecular weight excluding hydrogens is 342 g/mol. The number of anilines is 2. The number of aryl methyl sites for hydroxylation is 1. The molecule has 136 valence electrons. The largest absolute Gasteiger partial charge is 0.360 e. The maximum absolute atomic E-state index is 12.3. The molecule has 0 saturated carbocycles. The fourth-order valence-electron chi connectivity index (χ4n) is 2.22. The zero-order chi connectivity index (χ0) is 18.8. The Morgan fingerprint density at radius 2 is 1.84 bits per heavy atom. The number of hydrogen-bond donors (Lipinski definition) is 1. The molecule has 0 aliphatic carbocycles. The summed E-state index contributed by atoms with van der Waals surface area (Å²) in [4.78, 5) is 12.3. The fourth-order valence-corrected chi connectivity index (χ4v) is 3.00. The van der Waals surface area contributed by atoms with Crippen molar-refractivity contribution < 1.29 is 17.7 Å². The Kier molecular flexibility index (Phi) is 5.22. The molecule has 25 heavy (non-hydrogen) atoms. The van der Waals surface area contributed by atoms with Gasteiger partial charge in [0.25, 0.3) is 0 Å². The summed E-state index contributed by atoms with van der Waals surface area (Å²) < 4.78 is 29.7. The van der Waals surface area contributed by atoms with Crippen LogP contribution in [0.2, 0.25) is 0 Å². The minimum Gasteiger partial charge on any atom is -0.360 e. The molecule has 2 aromatic rings. The van der Waals surface area contributed by atoms with E-state index in [4.69, 9.17) is 4.52 Å². The van der Waals surface area contributed by atoms with Crippen molar-refractivity contribution in [1.82, 2.24) is 5.16 Å². The Hall–Kier alpha value is -2.35. The maximum Gasteiger partial charge on any atom is 0.245 e. The third-order valence-corrected chi connectivity index (χ3v) is 4.71. The van der Waals surface area contributed by atoms with Crippen molar-refractivity contribution in [3.8, 4) is 0 Å². The molecule has 1 amide bonds. The smallest absolute Gasteiger partial charge is 0.245 e. The summed E-state index contributed by atoms with van der Waals surface area (Å²) in [7, 11) is -3.67. The third-order valence-electron chi connectivity index (χ3n) is 3.59. The Labute approximate surface area is 148 Å². The van der Waals surface area contributed by atoms with Gasteiger partial charge in [0.1, 0.15) is 12.3 Å². The molecule has 1 aromatic carbocycles. The van der Waals surface area contributed by atoms with E-state index in [-0.39, 0.29) is 17.8 Å². The molecule has 0 aliphatic rings. The predicted octanol–water partition coefficient (Wildman–Crippen LogP) is 2.69. The number of carbonyl (C=O) groups excluding carboxylic acids is 1. The van der Waals surface area contributed by atoms with Crippen LogP contribution < -0.4 is 9.62 Å². The van der Waals surface area contributed by atoms with Gasteiger partial charge in [0, 0.05) is 11.8 Å². The van der Waals surface area contributed by atoms with Crippen molar-refractivity contribution in [3.63, 3.8) is 0 Å². The lowest BCUT2D eigenvalue weighted by Gasteiger charge is -2.20. The molecule has 7 nitrogen and oxygen atoms in total. The van der Waals surface area contributed by atoms with Crippen molar-refractivity contribution in [1.29, 1.82) is 0 Å². The maximum atomic E-state index is 12.3. The monoisotopic (exact) mass is 365 g/mol. The first-order valence-corrected chi connectivity index (χ1v) is 9.63. The second-order valence-corrected chi connectivity index (χ2v) is 8.85. The van der Waals surface area contributed by atoms with Gasteiger partial charge in [-0.1, -0.05) is 38.1 Å². The Morgan fingerprint density at radius 1 is 1.24 bits per heavy atom. The molecule has 0 fully saturated rings. The molecule has 0 bridgehead atoms. The molecule has 2 rings (SSSR count). The number of benzene rings is 1. The van der Waals surface area contributed by atoms with Gasteiger partial charge in [-0.3, -0.25) is 4.79 Å². The predicted molar refractivity (Wildman–Crippen MR) is 97.2 cm³/mol. The van der Waals surface area contributed by atoms with Crippen LogP contribution in [0.4, 0.5) is 11.5 Å². The van der Waals surface area contributed by atoms with E-state index in [2.05, 4.69) is 31.2 Å². The molecule has 1 heterocycles. The highest BCUT2D eigenvalue weighted by atomic mass is 32.2. The molecule has 1 aromatic heterocycles. The topological polar surface area (TPSA) is 92.5 Å². The molecule has 0 aliphatic heterocycles. The van der Waals surface area contributed by atoms with Crippen LogP contribution in [-0.4, -0.2) is 32.3 Å². The van der Waals surface area contributed by atoms with Crippen LogP contribution in [0.25, 0.3) is 0 Å². The van der Waals surface area contributed by atoms with Crippen LogP contribution in [0, 0.1) is 6.92 Å². The van der Waals surface area contributed by atoms with Gasteiger partial charge in [-0.25, -0.2) is 12.7 Å². The molecule has 0 radical (unpaired) electrons. The highest BCUT2D eigenvalue weighted by Crippen LogP contribution is 2.23. The highest BCUT2D eigenvalue weighted by Gasteiger charge is 2.24. The van der Waals surface area contributed by atoms with Crippen molar-refractivity contribution in [2.45, 2.75) is 33.1 Å². The zero-order valence-corrected chi connectivity index (χ0v) is 15.8. The van der Waals surface area contributed by atoms with Gasteiger partial charge >= 0.3 is 0 Å². The van der Waals surface area contributed by atoms with E-state index in [9.17, 15) is 13.2 Å². The van der Waals surface area contributed by atoms with Gasteiger partial charge in [0.15, 0.2) is 5.82 Å². The van der Waals surface area contributed by atoms with E-state index in [0.717, 1.165) is 16.1 Å². The van der Waals surface area contributed by atoms with Crippen LogP contribution in [0.15, 0.2) is 34.9 Å². The van der Waals surface area contributed by atoms with Gasteiger partial charge in [-0.2, -0.15) is 0 Å². The first-order valence-electron chi connectivity index (χ1n) is 7.78. The van der Waals surface area contributed by atoms with Gasteiger partial charge in [-0.15, -0.1) is 0 Å². The number of amides is 1. The number of nitrogens with zero attached hydrogens (tertiary/aromatic N) is 2. The van der Waals surface area contributed by atoms with E-state index >= 15 is 0 Å². The van der Waals surface area contributed by atoms with Crippen LogP contribution in [0.1, 0.15) is 32.1 Å². The lowest BCUT2D eigenvalue weighted by molar-refractivity contribution is -0.114. The zero-order valence-electron chi connectivity index (χ0n) is 15.0. The van der Waals surface area contributed by atoms with E-state index in [1.807, 2.05) is 12.1 Å². The van der Waals surface area contributed by atoms with E-state index < -0.39 is 15.9 Å². The lowest BCUT2D eigenvalue weighted by atomic mass is 9.87. The molecular formula is C17H23N3O4S. The van der Waals surface area contributed by atoms with Crippen molar-refractivity contribution in [2.75, 3.05) is 22.4 Å². The number of sulfonamides is 1. The van der Waals surface area contributed by atoms with Crippen LogP contribution in [0.3, 0.4) is 0 Å². The average Bonchev–Trinajstić information content (AvgIpc) is 2.89. The SMILES string of the molecule is Cc1cc(N(CC(=O)Nc2ccc(C(C)(C)C)cc2)S(C)(=O)=O)no1. The summed E-state index contributed by atoms with van der Waals surface area (Å²) in [6.45, 7) is 7.57. The first-order chi connectivity index (χ1) is 11.5. The number of nitrogens with one attached hydrogen (secondary N) is 1. The minimum absolute atomic E-state index is 0.0143. The second kappa shape index (κ2) is 6.87. The standard InChI is InChI=1S/C17H23N3O4S/c1-12-10-15(19-24-12)20(25(5,22)23)11-16(21)18-14-8-6-13(7-9-14)17(2,3)4/h6-10H,11H2,1-5H3,(H,18,21). The minimum atomic E-state index is -3.67.